The van der Waals surface area contributed by atoms with Crippen molar-refractivity contribution in [2.45, 2.75) is 17.4 Å². The van der Waals surface area contributed by atoms with Crippen LogP contribution in [0.3, 0.4) is 0 Å². The first-order valence-corrected chi connectivity index (χ1v) is 6.62. The molecule has 1 atom stereocenters. The van der Waals surface area contributed by atoms with Gasteiger partial charge in [0.2, 0.25) is 10.0 Å². The molecule has 1 aromatic rings. The molecule has 8 heteroatoms. The number of pyridine rings is 1. The molecule has 0 bridgehead atoms. The SMILES string of the molecule is C=CCC(NS(=O)(=O)c1cccnc1C#N)C(=O)O. The van der Waals surface area contributed by atoms with Crippen LogP contribution in [0.1, 0.15) is 12.1 Å². The van der Waals surface area contributed by atoms with Crippen molar-refractivity contribution in [2.75, 3.05) is 0 Å². The molecular weight excluding hydrogens is 270 g/mol. The molecule has 100 valence electrons. The van der Waals surface area contributed by atoms with E-state index in [9.17, 15) is 13.2 Å². The molecule has 0 radical (unpaired) electrons. The van der Waals surface area contributed by atoms with E-state index in [4.69, 9.17) is 10.4 Å². The molecule has 0 amide bonds. The van der Waals surface area contributed by atoms with Crippen molar-refractivity contribution in [3.63, 3.8) is 0 Å². The second-order valence-corrected chi connectivity index (χ2v) is 5.18. The number of sulfonamides is 1. The number of carbonyl (C=O) groups is 1. The lowest BCUT2D eigenvalue weighted by molar-refractivity contribution is -0.138. The molecule has 0 saturated carbocycles. The lowest BCUT2D eigenvalue weighted by Gasteiger charge is -2.13. The predicted octanol–water partition coefficient (Wildman–Crippen LogP) is 0.261. The summed E-state index contributed by atoms with van der Waals surface area (Å²) in [5.41, 5.74) is -0.294. The molecule has 0 aliphatic carbocycles. The average molecular weight is 281 g/mol. The highest BCUT2D eigenvalue weighted by Crippen LogP contribution is 2.13. The zero-order chi connectivity index (χ0) is 14.5. The minimum atomic E-state index is -4.13. The molecule has 2 N–H and O–H groups in total. The second-order valence-electron chi connectivity index (χ2n) is 3.50. The van der Waals surface area contributed by atoms with Crippen molar-refractivity contribution >= 4 is 16.0 Å². The molecule has 0 spiro atoms. The van der Waals surface area contributed by atoms with Crippen LogP contribution in [0.25, 0.3) is 0 Å². The Balaban J connectivity index is 3.14. The van der Waals surface area contributed by atoms with E-state index in [0.717, 1.165) is 0 Å². The first-order chi connectivity index (χ1) is 8.92. The fourth-order valence-corrected chi connectivity index (χ4v) is 2.62. The molecule has 0 saturated heterocycles. The summed E-state index contributed by atoms with van der Waals surface area (Å²) < 4.78 is 26.0. The van der Waals surface area contributed by atoms with Crippen LogP contribution in [0.4, 0.5) is 0 Å². The lowest BCUT2D eigenvalue weighted by atomic mass is 10.2. The maximum Gasteiger partial charge on any atom is 0.322 e. The summed E-state index contributed by atoms with van der Waals surface area (Å²) in [6, 6.07) is 2.83. The Morgan fingerprint density at radius 3 is 2.89 bits per heavy atom. The largest absolute Gasteiger partial charge is 0.480 e. The highest BCUT2D eigenvalue weighted by Gasteiger charge is 2.26. The Hall–Kier alpha value is -2.24. The van der Waals surface area contributed by atoms with Crippen molar-refractivity contribution in [3.05, 3.63) is 36.7 Å². The normalized spacial score (nSPS) is 12.4. The first-order valence-electron chi connectivity index (χ1n) is 5.13. The molecule has 0 fully saturated rings. The van der Waals surface area contributed by atoms with Gasteiger partial charge in [-0.3, -0.25) is 4.79 Å². The predicted molar refractivity (Wildman–Crippen MR) is 65.5 cm³/mol. The van der Waals surface area contributed by atoms with Crippen LogP contribution in [0.2, 0.25) is 0 Å². The van der Waals surface area contributed by atoms with Crippen molar-refractivity contribution in [3.8, 4) is 6.07 Å². The minimum absolute atomic E-state index is 0.0727. The number of aromatic nitrogens is 1. The number of nitrogens with one attached hydrogen (secondary N) is 1. The van der Waals surface area contributed by atoms with Crippen LogP contribution < -0.4 is 4.72 Å². The molecule has 1 heterocycles. The first kappa shape index (κ1) is 14.8. The van der Waals surface area contributed by atoms with Crippen molar-refractivity contribution < 1.29 is 18.3 Å². The molecular formula is C11H11N3O4S. The van der Waals surface area contributed by atoms with E-state index in [2.05, 4.69) is 11.6 Å². The summed E-state index contributed by atoms with van der Waals surface area (Å²) in [5.74, 6) is -1.33. The molecule has 0 aliphatic rings. The van der Waals surface area contributed by atoms with Gasteiger partial charge < -0.3 is 5.11 Å². The number of nitriles is 1. The summed E-state index contributed by atoms with van der Waals surface area (Å²) in [5, 5.41) is 17.7. The molecule has 0 aliphatic heterocycles. The van der Waals surface area contributed by atoms with Crippen LogP contribution in [-0.2, 0) is 14.8 Å². The van der Waals surface area contributed by atoms with Crippen LogP contribution in [-0.4, -0.2) is 30.5 Å². The Bertz CT molecular complexity index is 634. The van der Waals surface area contributed by atoms with E-state index in [1.54, 1.807) is 6.07 Å². The van der Waals surface area contributed by atoms with E-state index in [-0.39, 0.29) is 17.0 Å². The monoisotopic (exact) mass is 281 g/mol. The molecule has 1 aromatic heterocycles. The van der Waals surface area contributed by atoms with E-state index in [1.807, 2.05) is 4.72 Å². The molecule has 19 heavy (non-hydrogen) atoms. The number of aliphatic carboxylic acids is 1. The fraction of sp³-hybridized carbons (Fsp3) is 0.182. The zero-order valence-corrected chi connectivity index (χ0v) is 10.6. The summed E-state index contributed by atoms with van der Waals surface area (Å²) in [7, 11) is -4.13. The molecule has 1 rings (SSSR count). The fourth-order valence-electron chi connectivity index (χ4n) is 1.31. The number of hydrogen-bond acceptors (Lipinski definition) is 5. The van der Waals surface area contributed by atoms with Gasteiger partial charge in [-0.05, 0) is 18.6 Å². The van der Waals surface area contributed by atoms with Gasteiger partial charge in [-0.15, -0.1) is 6.58 Å². The van der Waals surface area contributed by atoms with E-state index >= 15 is 0 Å². The van der Waals surface area contributed by atoms with Crippen LogP contribution in [0.15, 0.2) is 35.9 Å². The quantitative estimate of drug-likeness (QED) is 0.722. The van der Waals surface area contributed by atoms with Gasteiger partial charge in [0.05, 0.1) is 0 Å². The second kappa shape index (κ2) is 6.08. The Morgan fingerprint density at radius 1 is 1.68 bits per heavy atom. The number of rotatable bonds is 6. The van der Waals surface area contributed by atoms with Crippen LogP contribution in [0.5, 0.6) is 0 Å². The number of carboxylic acid groups (broad SMARTS) is 1. The highest BCUT2D eigenvalue weighted by molar-refractivity contribution is 7.89. The van der Waals surface area contributed by atoms with Gasteiger partial charge in [0.1, 0.15) is 17.0 Å². The summed E-state index contributed by atoms with van der Waals surface area (Å²) in [6.07, 6.45) is 2.49. The summed E-state index contributed by atoms with van der Waals surface area (Å²) in [4.78, 5) is 14.2. The Labute approximate surface area is 110 Å². The Morgan fingerprint density at radius 2 is 2.37 bits per heavy atom. The average Bonchev–Trinajstić information content (AvgIpc) is 2.38. The summed E-state index contributed by atoms with van der Waals surface area (Å²) >= 11 is 0. The van der Waals surface area contributed by atoms with Gasteiger partial charge in [-0.25, -0.2) is 13.4 Å². The topological polar surface area (TPSA) is 120 Å². The van der Waals surface area contributed by atoms with Gasteiger partial charge in [0.15, 0.2) is 5.69 Å². The maximum atomic E-state index is 12.0. The highest BCUT2D eigenvalue weighted by atomic mass is 32.2. The smallest absolute Gasteiger partial charge is 0.322 e. The van der Waals surface area contributed by atoms with E-state index in [1.165, 1.54) is 24.4 Å². The maximum absolute atomic E-state index is 12.0. The molecule has 0 aromatic carbocycles. The van der Waals surface area contributed by atoms with Crippen LogP contribution in [0, 0.1) is 11.3 Å². The Kier molecular flexibility index (Phi) is 4.74. The van der Waals surface area contributed by atoms with Gasteiger partial charge in [0, 0.05) is 6.20 Å². The van der Waals surface area contributed by atoms with Gasteiger partial charge in [-0.2, -0.15) is 9.98 Å². The minimum Gasteiger partial charge on any atom is -0.480 e. The summed E-state index contributed by atoms with van der Waals surface area (Å²) in [6.45, 7) is 3.36. The van der Waals surface area contributed by atoms with E-state index in [0.29, 0.717) is 0 Å². The third-order valence-corrected chi connectivity index (χ3v) is 3.67. The van der Waals surface area contributed by atoms with Crippen molar-refractivity contribution in [1.82, 2.24) is 9.71 Å². The zero-order valence-electron chi connectivity index (χ0n) is 9.78. The van der Waals surface area contributed by atoms with E-state index < -0.39 is 22.0 Å². The number of hydrogen-bond donors (Lipinski definition) is 2. The van der Waals surface area contributed by atoms with Crippen LogP contribution >= 0.6 is 0 Å². The lowest BCUT2D eigenvalue weighted by Crippen LogP contribution is -2.40. The third kappa shape index (κ3) is 3.61. The van der Waals surface area contributed by atoms with Gasteiger partial charge in [0.25, 0.3) is 0 Å². The van der Waals surface area contributed by atoms with Gasteiger partial charge >= 0.3 is 5.97 Å². The van der Waals surface area contributed by atoms with Crippen molar-refractivity contribution in [1.29, 1.82) is 5.26 Å². The van der Waals surface area contributed by atoms with Crippen molar-refractivity contribution in [2.24, 2.45) is 0 Å². The number of nitrogens with zero attached hydrogens (tertiary/aromatic N) is 2. The standard InChI is InChI=1S/C11H11N3O4S/c1-2-4-8(11(15)16)14-19(17,18)10-5-3-6-13-9(10)7-12/h2-3,5-6,8,14H,1,4H2,(H,15,16). The third-order valence-electron chi connectivity index (χ3n) is 2.16. The van der Waals surface area contributed by atoms with Gasteiger partial charge in [-0.1, -0.05) is 6.08 Å². The molecule has 7 nitrogen and oxygen atoms in total. The molecule has 1 unspecified atom stereocenters. The number of carboxylic acids is 1.